The van der Waals surface area contributed by atoms with Crippen molar-refractivity contribution in [1.29, 1.82) is 0 Å². The smallest absolute Gasteiger partial charge is 0.236 e. The molecule has 1 N–H and O–H groups in total. The van der Waals surface area contributed by atoms with Crippen LogP contribution in [0.5, 0.6) is 0 Å². The molecule has 0 aliphatic carbocycles. The summed E-state index contributed by atoms with van der Waals surface area (Å²) in [6, 6.07) is 0.430. The molecule has 1 aliphatic rings. The molecule has 0 bridgehead atoms. The number of amides is 1. The van der Waals surface area contributed by atoms with E-state index in [4.69, 9.17) is 0 Å². The van der Waals surface area contributed by atoms with Crippen LogP contribution >= 0.6 is 0 Å². The number of nitrogens with zero attached hydrogens (tertiary/aromatic N) is 2. The molecule has 0 aromatic heterocycles. The zero-order chi connectivity index (χ0) is 11.3. The lowest BCUT2D eigenvalue weighted by molar-refractivity contribution is -0.133. The van der Waals surface area contributed by atoms with Gasteiger partial charge >= 0.3 is 0 Å². The molecule has 1 aliphatic heterocycles. The average molecular weight is 213 g/mol. The maximum absolute atomic E-state index is 11.9. The second-order valence-electron chi connectivity index (χ2n) is 4.16. The highest BCUT2D eigenvalue weighted by molar-refractivity contribution is 5.78. The third-order valence-electron chi connectivity index (χ3n) is 2.97. The summed E-state index contributed by atoms with van der Waals surface area (Å²) >= 11 is 0. The van der Waals surface area contributed by atoms with Gasteiger partial charge in [-0.2, -0.15) is 0 Å². The highest BCUT2D eigenvalue weighted by Crippen LogP contribution is 2.00. The van der Waals surface area contributed by atoms with E-state index < -0.39 is 0 Å². The minimum atomic E-state index is 0.270. The van der Waals surface area contributed by atoms with Gasteiger partial charge in [0.25, 0.3) is 0 Å². The Kier molecular flexibility index (Phi) is 5.05. The topological polar surface area (TPSA) is 35.6 Å². The predicted molar refractivity (Wildman–Crippen MR) is 61.8 cm³/mol. The Balaban J connectivity index is 2.38. The van der Waals surface area contributed by atoms with E-state index in [0.29, 0.717) is 12.6 Å². The van der Waals surface area contributed by atoms with Gasteiger partial charge in [-0.15, -0.1) is 0 Å². The molecule has 1 fully saturated rings. The summed E-state index contributed by atoms with van der Waals surface area (Å²) in [5, 5.41) is 3.34. The fourth-order valence-electron chi connectivity index (χ4n) is 1.90. The van der Waals surface area contributed by atoms with Crippen molar-refractivity contribution in [3.63, 3.8) is 0 Å². The summed E-state index contributed by atoms with van der Waals surface area (Å²) in [4.78, 5) is 16.1. The zero-order valence-electron chi connectivity index (χ0n) is 10.1. The van der Waals surface area contributed by atoms with Gasteiger partial charge in [0.05, 0.1) is 6.54 Å². The molecule has 15 heavy (non-hydrogen) atoms. The van der Waals surface area contributed by atoms with Crippen molar-refractivity contribution >= 4 is 5.91 Å². The van der Waals surface area contributed by atoms with Crippen molar-refractivity contribution in [2.45, 2.75) is 26.8 Å². The van der Waals surface area contributed by atoms with Gasteiger partial charge in [0, 0.05) is 25.7 Å². The molecule has 0 radical (unpaired) electrons. The molecule has 1 atom stereocenters. The normalized spacial score (nSPS) is 22.1. The number of hydrogen-bond acceptors (Lipinski definition) is 3. The zero-order valence-corrected chi connectivity index (χ0v) is 10.1. The number of rotatable bonds is 4. The van der Waals surface area contributed by atoms with Gasteiger partial charge in [0.2, 0.25) is 5.91 Å². The predicted octanol–water partition coefficient (Wildman–Crippen LogP) is 0.149. The van der Waals surface area contributed by atoms with E-state index in [1.807, 2.05) is 4.90 Å². The standard InChI is InChI=1S/C11H23N3O/c1-4-13(5-2)9-11(15)14-7-6-12-10(3)8-14/h10,12H,4-9H2,1-3H3/t10-/m0/s1. The lowest BCUT2D eigenvalue weighted by atomic mass is 10.2. The summed E-state index contributed by atoms with van der Waals surface area (Å²) in [6.07, 6.45) is 0. The molecule has 0 aromatic carbocycles. The van der Waals surface area contributed by atoms with Gasteiger partial charge in [-0.05, 0) is 20.0 Å². The first-order chi connectivity index (χ1) is 7.17. The van der Waals surface area contributed by atoms with Crippen LogP contribution in [0.15, 0.2) is 0 Å². The summed E-state index contributed by atoms with van der Waals surface area (Å²) < 4.78 is 0. The van der Waals surface area contributed by atoms with Crippen LogP contribution in [0.1, 0.15) is 20.8 Å². The quantitative estimate of drug-likeness (QED) is 0.722. The van der Waals surface area contributed by atoms with Crippen LogP contribution in [0.3, 0.4) is 0 Å². The largest absolute Gasteiger partial charge is 0.339 e. The minimum Gasteiger partial charge on any atom is -0.339 e. The summed E-state index contributed by atoms with van der Waals surface area (Å²) in [7, 11) is 0. The van der Waals surface area contributed by atoms with Crippen LogP contribution in [0.4, 0.5) is 0 Å². The Morgan fingerprint density at radius 3 is 2.67 bits per heavy atom. The van der Waals surface area contributed by atoms with Crippen LogP contribution in [-0.2, 0) is 4.79 Å². The Labute approximate surface area is 92.6 Å². The van der Waals surface area contributed by atoms with Crippen molar-refractivity contribution in [3.8, 4) is 0 Å². The fraction of sp³-hybridized carbons (Fsp3) is 0.909. The van der Waals surface area contributed by atoms with Crippen LogP contribution in [0.25, 0.3) is 0 Å². The number of nitrogens with one attached hydrogen (secondary N) is 1. The van der Waals surface area contributed by atoms with Crippen LogP contribution in [-0.4, -0.2) is 61.0 Å². The van der Waals surface area contributed by atoms with Crippen molar-refractivity contribution in [1.82, 2.24) is 15.1 Å². The van der Waals surface area contributed by atoms with Crippen LogP contribution in [0, 0.1) is 0 Å². The third-order valence-corrected chi connectivity index (χ3v) is 2.97. The third kappa shape index (κ3) is 3.80. The molecular weight excluding hydrogens is 190 g/mol. The molecule has 1 saturated heterocycles. The first-order valence-corrected chi connectivity index (χ1v) is 5.90. The molecular formula is C11H23N3O. The van der Waals surface area contributed by atoms with Crippen molar-refractivity contribution in [2.24, 2.45) is 0 Å². The van der Waals surface area contributed by atoms with E-state index in [9.17, 15) is 4.79 Å². The molecule has 4 heteroatoms. The molecule has 1 heterocycles. The summed E-state index contributed by atoms with van der Waals surface area (Å²) in [5.41, 5.74) is 0. The van der Waals surface area contributed by atoms with Gasteiger partial charge in [-0.3, -0.25) is 9.69 Å². The van der Waals surface area contributed by atoms with E-state index >= 15 is 0 Å². The van der Waals surface area contributed by atoms with Gasteiger partial charge in [0.1, 0.15) is 0 Å². The maximum Gasteiger partial charge on any atom is 0.236 e. The van der Waals surface area contributed by atoms with Gasteiger partial charge < -0.3 is 10.2 Å². The summed E-state index contributed by atoms with van der Waals surface area (Å²) in [6.45, 7) is 11.4. The number of likely N-dealkylation sites (N-methyl/N-ethyl adjacent to an activating group) is 1. The van der Waals surface area contributed by atoms with E-state index in [2.05, 4.69) is 31.0 Å². The van der Waals surface area contributed by atoms with Crippen LogP contribution < -0.4 is 5.32 Å². The first kappa shape index (κ1) is 12.5. The molecule has 0 spiro atoms. The second-order valence-corrected chi connectivity index (χ2v) is 4.16. The Morgan fingerprint density at radius 2 is 2.13 bits per heavy atom. The number of piperazine rings is 1. The number of hydrogen-bond donors (Lipinski definition) is 1. The highest BCUT2D eigenvalue weighted by atomic mass is 16.2. The summed E-state index contributed by atoms with van der Waals surface area (Å²) in [5.74, 6) is 0.270. The molecule has 88 valence electrons. The Morgan fingerprint density at radius 1 is 1.47 bits per heavy atom. The Hall–Kier alpha value is -0.610. The fourth-order valence-corrected chi connectivity index (χ4v) is 1.90. The Bertz CT molecular complexity index is 204. The molecule has 0 aromatic rings. The monoisotopic (exact) mass is 213 g/mol. The molecule has 4 nitrogen and oxygen atoms in total. The van der Waals surface area contributed by atoms with E-state index in [-0.39, 0.29) is 5.91 Å². The van der Waals surface area contributed by atoms with Gasteiger partial charge in [-0.25, -0.2) is 0 Å². The average Bonchev–Trinajstić information content (AvgIpc) is 2.25. The number of carbonyl (C=O) groups excluding carboxylic acids is 1. The van der Waals surface area contributed by atoms with Crippen molar-refractivity contribution in [2.75, 3.05) is 39.3 Å². The van der Waals surface area contributed by atoms with E-state index in [1.54, 1.807) is 0 Å². The van der Waals surface area contributed by atoms with Crippen molar-refractivity contribution in [3.05, 3.63) is 0 Å². The lowest BCUT2D eigenvalue weighted by Crippen LogP contribution is -2.53. The SMILES string of the molecule is CCN(CC)CC(=O)N1CCN[C@@H](C)C1. The van der Waals surface area contributed by atoms with E-state index in [0.717, 1.165) is 32.7 Å². The molecule has 1 amide bonds. The molecule has 0 unspecified atom stereocenters. The van der Waals surface area contributed by atoms with Crippen molar-refractivity contribution < 1.29 is 4.79 Å². The van der Waals surface area contributed by atoms with Gasteiger partial charge in [-0.1, -0.05) is 13.8 Å². The first-order valence-electron chi connectivity index (χ1n) is 5.90. The maximum atomic E-state index is 11.9. The second kappa shape index (κ2) is 6.08. The van der Waals surface area contributed by atoms with Gasteiger partial charge in [0.15, 0.2) is 0 Å². The lowest BCUT2D eigenvalue weighted by Gasteiger charge is -2.33. The minimum absolute atomic E-state index is 0.270. The van der Waals surface area contributed by atoms with Crippen LogP contribution in [0.2, 0.25) is 0 Å². The highest BCUT2D eigenvalue weighted by Gasteiger charge is 2.21. The number of carbonyl (C=O) groups is 1. The molecule has 0 saturated carbocycles. The van der Waals surface area contributed by atoms with E-state index in [1.165, 1.54) is 0 Å². The molecule has 1 rings (SSSR count).